The van der Waals surface area contributed by atoms with Crippen LogP contribution in [0.4, 0.5) is 10.1 Å². The predicted octanol–water partition coefficient (Wildman–Crippen LogP) is 3.42. The second-order valence-corrected chi connectivity index (χ2v) is 4.67. The van der Waals surface area contributed by atoms with Crippen molar-refractivity contribution in [3.63, 3.8) is 0 Å². The summed E-state index contributed by atoms with van der Waals surface area (Å²) in [6, 6.07) is 4.13. The van der Waals surface area contributed by atoms with E-state index in [0.29, 0.717) is 21.7 Å². The molecule has 16 heavy (non-hydrogen) atoms. The number of halogens is 2. The van der Waals surface area contributed by atoms with Gasteiger partial charge in [0.25, 0.3) is 0 Å². The molecule has 0 saturated carbocycles. The minimum Gasteiger partial charge on any atom is -0.362 e. The van der Waals surface area contributed by atoms with Gasteiger partial charge in [-0.2, -0.15) is 0 Å². The fourth-order valence-corrected chi connectivity index (χ4v) is 1.46. The molecule has 0 unspecified atom stereocenters. The molecule has 0 aliphatic rings. The third-order valence-corrected chi connectivity index (χ3v) is 2.41. The quantitative estimate of drug-likeness (QED) is 0.815. The lowest BCUT2D eigenvalue weighted by Gasteiger charge is -2.13. The lowest BCUT2D eigenvalue weighted by molar-refractivity contribution is 0.626. The fraction of sp³-hybridized carbons (Fsp3) is 0.364. The van der Waals surface area contributed by atoms with Gasteiger partial charge in [0.1, 0.15) is 5.82 Å². The fourth-order valence-electron chi connectivity index (χ4n) is 1.05. The van der Waals surface area contributed by atoms with Gasteiger partial charge in [0.05, 0.1) is 10.7 Å². The second kappa shape index (κ2) is 6.01. The van der Waals surface area contributed by atoms with Crippen LogP contribution in [0.15, 0.2) is 18.2 Å². The van der Waals surface area contributed by atoms with Crippen LogP contribution >= 0.6 is 23.8 Å². The first-order valence-corrected chi connectivity index (χ1v) is 5.77. The van der Waals surface area contributed by atoms with E-state index in [2.05, 4.69) is 24.5 Å². The van der Waals surface area contributed by atoms with Crippen molar-refractivity contribution in [2.45, 2.75) is 13.8 Å². The molecule has 0 aromatic heterocycles. The van der Waals surface area contributed by atoms with E-state index < -0.39 is 0 Å². The third-order valence-electron chi connectivity index (χ3n) is 1.85. The molecule has 0 spiro atoms. The zero-order valence-corrected chi connectivity index (χ0v) is 10.8. The molecule has 1 aromatic rings. The van der Waals surface area contributed by atoms with E-state index >= 15 is 0 Å². The molecule has 2 N–H and O–H groups in total. The highest BCUT2D eigenvalue weighted by atomic mass is 35.5. The minimum absolute atomic E-state index is 0.314. The Kier molecular flexibility index (Phi) is 4.96. The SMILES string of the molecule is CC(C)CNC(=S)Nc1ccc(F)cc1Cl. The summed E-state index contributed by atoms with van der Waals surface area (Å²) < 4.78 is 12.8. The molecule has 0 aliphatic carbocycles. The molecule has 0 aliphatic heterocycles. The summed E-state index contributed by atoms with van der Waals surface area (Å²) in [6.07, 6.45) is 0. The van der Waals surface area contributed by atoms with Crippen molar-refractivity contribution in [2.75, 3.05) is 11.9 Å². The molecule has 0 atom stereocenters. The summed E-state index contributed by atoms with van der Waals surface area (Å²) >= 11 is 10.9. The Labute approximate surface area is 105 Å². The molecule has 0 fully saturated rings. The second-order valence-electron chi connectivity index (χ2n) is 3.85. The number of rotatable bonds is 3. The summed E-state index contributed by atoms with van der Waals surface area (Å²) in [7, 11) is 0. The van der Waals surface area contributed by atoms with Crippen molar-refractivity contribution >= 4 is 34.6 Å². The Bertz CT molecular complexity index is 382. The highest BCUT2D eigenvalue weighted by Crippen LogP contribution is 2.22. The molecule has 0 heterocycles. The van der Waals surface area contributed by atoms with Crippen LogP contribution in [-0.4, -0.2) is 11.7 Å². The summed E-state index contributed by atoms with van der Waals surface area (Å²) in [4.78, 5) is 0. The molecule has 5 heteroatoms. The van der Waals surface area contributed by atoms with Gasteiger partial charge in [0, 0.05) is 6.54 Å². The number of benzene rings is 1. The van der Waals surface area contributed by atoms with E-state index in [1.165, 1.54) is 12.1 Å². The predicted molar refractivity (Wildman–Crippen MR) is 70.5 cm³/mol. The van der Waals surface area contributed by atoms with Crippen LogP contribution in [0.25, 0.3) is 0 Å². The summed E-state index contributed by atoms with van der Waals surface area (Å²) in [6.45, 7) is 4.95. The first-order chi connectivity index (χ1) is 7.49. The van der Waals surface area contributed by atoms with Crippen molar-refractivity contribution in [1.82, 2.24) is 5.32 Å². The first kappa shape index (κ1) is 13.2. The molecule has 0 amide bonds. The lowest BCUT2D eigenvalue weighted by atomic mass is 10.2. The highest BCUT2D eigenvalue weighted by molar-refractivity contribution is 7.80. The largest absolute Gasteiger partial charge is 0.362 e. The van der Waals surface area contributed by atoms with Crippen molar-refractivity contribution in [2.24, 2.45) is 5.92 Å². The van der Waals surface area contributed by atoms with Gasteiger partial charge in [-0.15, -0.1) is 0 Å². The van der Waals surface area contributed by atoms with Gasteiger partial charge >= 0.3 is 0 Å². The summed E-state index contributed by atoms with van der Waals surface area (Å²) in [5.41, 5.74) is 0.601. The molecular formula is C11H14ClFN2S. The van der Waals surface area contributed by atoms with Gasteiger partial charge in [0.15, 0.2) is 5.11 Å². The normalized spacial score (nSPS) is 10.3. The third kappa shape index (κ3) is 4.33. The number of hydrogen-bond donors (Lipinski definition) is 2. The van der Waals surface area contributed by atoms with Crippen LogP contribution in [0.5, 0.6) is 0 Å². The zero-order chi connectivity index (χ0) is 12.1. The van der Waals surface area contributed by atoms with Crippen molar-refractivity contribution in [1.29, 1.82) is 0 Å². The van der Waals surface area contributed by atoms with Crippen molar-refractivity contribution in [3.8, 4) is 0 Å². The average molecular weight is 261 g/mol. The molecule has 0 radical (unpaired) electrons. The highest BCUT2D eigenvalue weighted by Gasteiger charge is 2.04. The molecule has 0 saturated heterocycles. The maximum atomic E-state index is 12.8. The maximum absolute atomic E-state index is 12.8. The number of thiocarbonyl (C=S) groups is 1. The standard InChI is InChI=1S/C11H14ClFN2S/c1-7(2)6-14-11(16)15-10-4-3-8(13)5-9(10)12/h3-5,7H,6H2,1-2H3,(H2,14,15,16). The Morgan fingerprint density at radius 3 is 2.75 bits per heavy atom. The molecule has 2 nitrogen and oxygen atoms in total. The molecule has 1 rings (SSSR count). The number of anilines is 1. The van der Waals surface area contributed by atoms with Gasteiger partial charge in [-0.3, -0.25) is 0 Å². The van der Waals surface area contributed by atoms with Crippen LogP contribution in [-0.2, 0) is 0 Å². The Morgan fingerprint density at radius 1 is 1.50 bits per heavy atom. The van der Waals surface area contributed by atoms with E-state index in [-0.39, 0.29) is 5.82 Å². The van der Waals surface area contributed by atoms with Crippen LogP contribution in [0.3, 0.4) is 0 Å². The van der Waals surface area contributed by atoms with Gasteiger partial charge in [-0.25, -0.2) is 4.39 Å². The van der Waals surface area contributed by atoms with Crippen LogP contribution < -0.4 is 10.6 Å². The number of nitrogens with one attached hydrogen (secondary N) is 2. The lowest BCUT2D eigenvalue weighted by Crippen LogP contribution is -2.31. The molecule has 0 bridgehead atoms. The Morgan fingerprint density at radius 2 is 2.19 bits per heavy atom. The topological polar surface area (TPSA) is 24.1 Å². The van der Waals surface area contributed by atoms with Crippen molar-refractivity contribution < 1.29 is 4.39 Å². The minimum atomic E-state index is -0.364. The summed E-state index contributed by atoms with van der Waals surface area (Å²) in [5, 5.41) is 6.76. The zero-order valence-electron chi connectivity index (χ0n) is 9.18. The Hall–Kier alpha value is -0.870. The van der Waals surface area contributed by atoms with Crippen LogP contribution in [0.1, 0.15) is 13.8 Å². The smallest absolute Gasteiger partial charge is 0.170 e. The van der Waals surface area contributed by atoms with E-state index in [1.54, 1.807) is 6.07 Å². The van der Waals surface area contributed by atoms with Gasteiger partial charge < -0.3 is 10.6 Å². The maximum Gasteiger partial charge on any atom is 0.170 e. The van der Waals surface area contributed by atoms with E-state index in [0.717, 1.165) is 6.54 Å². The monoisotopic (exact) mass is 260 g/mol. The van der Waals surface area contributed by atoms with Gasteiger partial charge in [-0.1, -0.05) is 25.4 Å². The van der Waals surface area contributed by atoms with Crippen molar-refractivity contribution in [3.05, 3.63) is 29.0 Å². The Balaban J connectivity index is 2.56. The van der Waals surface area contributed by atoms with Crippen LogP contribution in [0.2, 0.25) is 5.02 Å². The van der Waals surface area contributed by atoms with Gasteiger partial charge in [-0.05, 0) is 36.3 Å². The van der Waals surface area contributed by atoms with E-state index in [4.69, 9.17) is 23.8 Å². The summed E-state index contributed by atoms with van der Waals surface area (Å²) in [5.74, 6) is 0.139. The molecule has 1 aromatic carbocycles. The molecule has 88 valence electrons. The first-order valence-electron chi connectivity index (χ1n) is 4.99. The van der Waals surface area contributed by atoms with E-state index in [9.17, 15) is 4.39 Å². The van der Waals surface area contributed by atoms with Crippen LogP contribution in [0, 0.1) is 11.7 Å². The average Bonchev–Trinajstić information content (AvgIpc) is 2.19. The molecular weight excluding hydrogens is 247 g/mol. The van der Waals surface area contributed by atoms with Gasteiger partial charge in [0.2, 0.25) is 0 Å². The van der Waals surface area contributed by atoms with E-state index in [1.807, 2.05) is 0 Å². The number of hydrogen-bond acceptors (Lipinski definition) is 1.